The second-order valence-electron chi connectivity index (χ2n) is 8.71. The van der Waals surface area contributed by atoms with Crippen molar-refractivity contribution in [3.05, 3.63) is 112 Å². The molecule has 0 saturated heterocycles. The molecule has 11 heteroatoms. The summed E-state index contributed by atoms with van der Waals surface area (Å²) in [7, 11) is 0. The van der Waals surface area contributed by atoms with E-state index in [1.807, 2.05) is 18.2 Å². The molecule has 0 bridgehead atoms. The highest BCUT2D eigenvalue weighted by Gasteiger charge is 2.24. The molecule has 1 amide bonds. The van der Waals surface area contributed by atoms with Gasteiger partial charge >= 0.3 is 0 Å². The molecular formula is C28H21N9O2. The van der Waals surface area contributed by atoms with E-state index in [4.69, 9.17) is 10.7 Å². The molecular weight excluding hydrogens is 494 g/mol. The second kappa shape index (κ2) is 9.60. The van der Waals surface area contributed by atoms with Crippen LogP contribution in [0.25, 0.3) is 22.2 Å². The first-order chi connectivity index (χ1) is 19.0. The molecule has 0 aliphatic heterocycles. The summed E-state index contributed by atoms with van der Waals surface area (Å²) in [6, 6.07) is 17.2. The minimum Gasteiger partial charge on any atom is -0.381 e. The quantitative estimate of drug-likeness (QED) is 0.306. The maximum atomic E-state index is 14.1. The van der Waals surface area contributed by atoms with E-state index < -0.39 is 11.9 Å². The highest BCUT2D eigenvalue weighted by Crippen LogP contribution is 2.22. The van der Waals surface area contributed by atoms with Crippen LogP contribution in [-0.2, 0) is 0 Å². The summed E-state index contributed by atoms with van der Waals surface area (Å²) in [5, 5.41) is 14.1. The number of para-hydroxylation sites is 1. The van der Waals surface area contributed by atoms with Crippen molar-refractivity contribution in [1.29, 1.82) is 0 Å². The fraction of sp³-hybridized carbons (Fsp3) is 0.0714. The van der Waals surface area contributed by atoms with Crippen LogP contribution in [0.1, 0.15) is 40.4 Å². The summed E-state index contributed by atoms with van der Waals surface area (Å²) in [6.07, 6.45) is 4.82. The van der Waals surface area contributed by atoms with Crippen LogP contribution < -0.4 is 16.6 Å². The molecule has 0 fully saturated rings. The van der Waals surface area contributed by atoms with Crippen LogP contribution in [0.2, 0.25) is 0 Å². The Balaban J connectivity index is 1.48. The number of carbonyl (C=O) groups is 1. The molecule has 6 rings (SSSR count). The minimum atomic E-state index is -0.687. The van der Waals surface area contributed by atoms with Gasteiger partial charge in [0.05, 0.1) is 22.6 Å². The highest BCUT2D eigenvalue weighted by atomic mass is 16.2. The van der Waals surface area contributed by atoms with Gasteiger partial charge in [0.1, 0.15) is 17.1 Å². The number of amides is 1. The molecule has 39 heavy (non-hydrogen) atoms. The zero-order chi connectivity index (χ0) is 26.9. The third kappa shape index (κ3) is 4.25. The fourth-order valence-corrected chi connectivity index (χ4v) is 4.38. The average Bonchev–Trinajstić information content (AvgIpc) is 3.59. The van der Waals surface area contributed by atoms with E-state index in [2.05, 4.69) is 37.4 Å². The first kappa shape index (κ1) is 23.6. The van der Waals surface area contributed by atoms with Crippen molar-refractivity contribution in [2.24, 2.45) is 0 Å². The summed E-state index contributed by atoms with van der Waals surface area (Å²) in [6.45, 7) is 1.75. The van der Waals surface area contributed by atoms with E-state index in [1.165, 1.54) is 9.08 Å². The average molecular weight is 516 g/mol. The van der Waals surface area contributed by atoms with E-state index in [0.29, 0.717) is 39.3 Å². The van der Waals surface area contributed by atoms with Crippen molar-refractivity contribution in [3.63, 3.8) is 0 Å². The number of aromatic nitrogens is 7. The van der Waals surface area contributed by atoms with E-state index in [1.54, 1.807) is 68.0 Å². The summed E-state index contributed by atoms with van der Waals surface area (Å²) < 4.78 is 2.93. The van der Waals surface area contributed by atoms with Crippen LogP contribution in [0.3, 0.4) is 0 Å². The number of H-pyrrole nitrogens is 1. The number of nitrogens with one attached hydrogen (secondary N) is 2. The van der Waals surface area contributed by atoms with Gasteiger partial charge in [-0.05, 0) is 49.2 Å². The number of hydrogen-bond acceptors (Lipinski definition) is 7. The van der Waals surface area contributed by atoms with Gasteiger partial charge in [-0.3, -0.25) is 19.3 Å². The topological polar surface area (TPSA) is 149 Å². The fourth-order valence-electron chi connectivity index (χ4n) is 4.38. The Bertz CT molecular complexity index is 1960. The number of rotatable bonds is 4. The Hall–Kier alpha value is -5.76. The van der Waals surface area contributed by atoms with Gasteiger partial charge in [-0.25, -0.2) is 14.5 Å². The molecule has 4 heterocycles. The lowest BCUT2D eigenvalue weighted by Gasteiger charge is -2.20. The predicted molar refractivity (Wildman–Crippen MR) is 145 cm³/mol. The molecule has 2 aromatic carbocycles. The number of nitrogens with two attached hydrogens (primary N) is 1. The van der Waals surface area contributed by atoms with Gasteiger partial charge in [0, 0.05) is 24.2 Å². The summed E-state index contributed by atoms with van der Waals surface area (Å²) >= 11 is 0. The number of nitrogen functional groups attached to an aromatic ring is 1. The van der Waals surface area contributed by atoms with Crippen LogP contribution in [0.5, 0.6) is 0 Å². The Labute approximate surface area is 221 Å². The van der Waals surface area contributed by atoms with Gasteiger partial charge in [0.25, 0.3) is 11.5 Å². The summed E-state index contributed by atoms with van der Waals surface area (Å²) in [5.41, 5.74) is 8.41. The van der Waals surface area contributed by atoms with Crippen LogP contribution in [0.15, 0.2) is 84.0 Å². The Morgan fingerprint density at radius 3 is 2.69 bits per heavy atom. The molecule has 0 aliphatic carbocycles. The zero-order valence-corrected chi connectivity index (χ0v) is 20.7. The maximum Gasteiger partial charge on any atom is 0.267 e. The monoisotopic (exact) mass is 515 g/mol. The lowest BCUT2D eigenvalue weighted by atomic mass is 10.1. The minimum absolute atomic E-state index is 0.0470. The highest BCUT2D eigenvalue weighted by molar-refractivity contribution is 6.04. The second-order valence-corrected chi connectivity index (χ2v) is 8.71. The summed E-state index contributed by atoms with van der Waals surface area (Å²) in [4.78, 5) is 36.5. The SMILES string of the molecule is CC(NC(=O)c1c(N)nn2cccnc12)c1nc2cccc(C#Cc3ccn[nH]3)c2c(=O)n1-c1ccccc1. The van der Waals surface area contributed by atoms with Gasteiger partial charge < -0.3 is 11.1 Å². The van der Waals surface area contributed by atoms with Crippen LogP contribution in [-0.4, -0.2) is 40.3 Å². The normalized spacial score (nSPS) is 11.7. The van der Waals surface area contributed by atoms with Crippen LogP contribution in [0, 0.1) is 11.8 Å². The number of hydrogen-bond donors (Lipinski definition) is 3. The van der Waals surface area contributed by atoms with Gasteiger partial charge in [-0.15, -0.1) is 5.10 Å². The number of aromatic amines is 1. The molecule has 1 atom stereocenters. The molecule has 0 spiro atoms. The van der Waals surface area contributed by atoms with Crippen molar-refractivity contribution in [1.82, 2.24) is 39.7 Å². The smallest absolute Gasteiger partial charge is 0.267 e. The van der Waals surface area contributed by atoms with Crippen molar-refractivity contribution in [3.8, 4) is 17.5 Å². The predicted octanol–water partition coefficient (Wildman–Crippen LogP) is 2.62. The molecule has 4 N–H and O–H groups in total. The van der Waals surface area contributed by atoms with E-state index >= 15 is 0 Å². The van der Waals surface area contributed by atoms with Crippen molar-refractivity contribution >= 4 is 28.3 Å². The zero-order valence-electron chi connectivity index (χ0n) is 20.7. The van der Waals surface area contributed by atoms with Crippen molar-refractivity contribution in [2.45, 2.75) is 13.0 Å². The Morgan fingerprint density at radius 1 is 1.05 bits per heavy atom. The molecule has 0 saturated carbocycles. The Morgan fingerprint density at radius 2 is 1.90 bits per heavy atom. The molecule has 0 radical (unpaired) electrons. The molecule has 0 aliphatic rings. The summed E-state index contributed by atoms with van der Waals surface area (Å²) in [5.74, 6) is 5.95. The van der Waals surface area contributed by atoms with Crippen molar-refractivity contribution < 1.29 is 4.79 Å². The number of fused-ring (bicyclic) bond motifs is 2. The van der Waals surface area contributed by atoms with Crippen LogP contribution >= 0.6 is 0 Å². The lowest BCUT2D eigenvalue weighted by Crippen LogP contribution is -2.33. The lowest BCUT2D eigenvalue weighted by molar-refractivity contribution is 0.0940. The van der Waals surface area contributed by atoms with Gasteiger partial charge in [-0.2, -0.15) is 5.10 Å². The molecule has 11 nitrogen and oxygen atoms in total. The molecule has 6 aromatic rings. The third-order valence-corrected chi connectivity index (χ3v) is 6.15. The molecule has 1 unspecified atom stereocenters. The van der Waals surface area contributed by atoms with Crippen molar-refractivity contribution in [2.75, 3.05) is 5.73 Å². The molecule has 190 valence electrons. The van der Waals surface area contributed by atoms with E-state index in [9.17, 15) is 9.59 Å². The van der Waals surface area contributed by atoms with E-state index in [0.717, 1.165) is 0 Å². The van der Waals surface area contributed by atoms with E-state index in [-0.39, 0.29) is 16.9 Å². The number of carbonyl (C=O) groups excluding carboxylic acids is 1. The van der Waals surface area contributed by atoms with Crippen LogP contribution in [0.4, 0.5) is 5.82 Å². The third-order valence-electron chi connectivity index (χ3n) is 6.15. The standard InChI is InChI=1S/C28H21N9O2/c1-17(32-27(38)23-24(29)35-36-16-6-14-30-26(23)36)25-33-21-10-5-7-18(11-12-19-13-15-31-34-19)22(21)28(39)37(25)20-8-3-2-4-9-20/h2-10,13-17H,1H3,(H2,29,35)(H,31,34)(H,32,38). The first-order valence-corrected chi connectivity index (χ1v) is 12.0. The molecule has 4 aromatic heterocycles. The van der Waals surface area contributed by atoms with Gasteiger partial charge in [0.15, 0.2) is 11.5 Å². The first-order valence-electron chi connectivity index (χ1n) is 12.0. The largest absolute Gasteiger partial charge is 0.381 e. The number of benzene rings is 2. The number of anilines is 1. The Kier molecular flexibility index (Phi) is 5.82. The van der Waals surface area contributed by atoms with Gasteiger partial charge in [0.2, 0.25) is 0 Å². The van der Waals surface area contributed by atoms with Gasteiger partial charge in [-0.1, -0.05) is 30.2 Å². The number of nitrogens with zero attached hydrogens (tertiary/aromatic N) is 6. The maximum absolute atomic E-state index is 14.1.